The predicted molar refractivity (Wildman–Crippen MR) is 107 cm³/mol. The lowest BCUT2D eigenvalue weighted by Crippen LogP contribution is -2.25. The lowest BCUT2D eigenvalue weighted by molar-refractivity contribution is -0.137. The Kier molecular flexibility index (Phi) is 6.02. The van der Waals surface area contributed by atoms with E-state index < -0.39 is 11.7 Å². The number of nitrogens with zero attached hydrogens (tertiary/aromatic N) is 1. The lowest BCUT2D eigenvalue weighted by Gasteiger charge is -2.15. The summed E-state index contributed by atoms with van der Waals surface area (Å²) in [5.74, 6) is 0.408. The van der Waals surface area contributed by atoms with E-state index in [1.54, 1.807) is 19.1 Å². The first kappa shape index (κ1) is 21.0. The Labute approximate surface area is 170 Å². The van der Waals surface area contributed by atoms with Crippen LogP contribution in [0.1, 0.15) is 34.0 Å². The van der Waals surface area contributed by atoms with Crippen molar-refractivity contribution in [3.8, 4) is 5.75 Å². The van der Waals surface area contributed by atoms with Crippen molar-refractivity contribution in [1.29, 1.82) is 0 Å². The number of amides is 1. The first-order valence-corrected chi connectivity index (χ1v) is 9.89. The number of halogens is 3. The van der Waals surface area contributed by atoms with Crippen LogP contribution in [-0.2, 0) is 12.7 Å². The molecule has 3 aromatic rings. The third kappa shape index (κ3) is 4.64. The van der Waals surface area contributed by atoms with Crippen molar-refractivity contribution in [3.63, 3.8) is 0 Å². The van der Waals surface area contributed by atoms with Crippen LogP contribution in [0, 0.1) is 6.92 Å². The zero-order chi connectivity index (χ0) is 21.2. The number of pyridine rings is 1. The molecule has 29 heavy (non-hydrogen) atoms. The quantitative estimate of drug-likeness (QED) is 0.549. The van der Waals surface area contributed by atoms with E-state index in [0.29, 0.717) is 27.3 Å². The van der Waals surface area contributed by atoms with Crippen molar-refractivity contribution in [2.24, 2.45) is 0 Å². The third-order valence-electron chi connectivity index (χ3n) is 4.44. The molecule has 0 atom stereocenters. The topological polar surface area (TPSA) is 62.2 Å². The van der Waals surface area contributed by atoms with E-state index in [0.717, 1.165) is 17.7 Å². The van der Waals surface area contributed by atoms with E-state index in [4.69, 9.17) is 0 Å². The SMILES string of the molecule is CCSc1nc2cc(C(F)(F)F)ccc2c(C)c1C(=O)NCc1ccc(O)cc1. The van der Waals surface area contributed by atoms with Gasteiger partial charge in [-0.05, 0) is 48.1 Å². The second kappa shape index (κ2) is 8.32. The molecule has 3 rings (SSSR count). The van der Waals surface area contributed by atoms with Gasteiger partial charge in [0.2, 0.25) is 0 Å². The van der Waals surface area contributed by atoms with Crippen LogP contribution in [0.4, 0.5) is 13.2 Å². The van der Waals surface area contributed by atoms with Gasteiger partial charge in [0.25, 0.3) is 5.91 Å². The summed E-state index contributed by atoms with van der Waals surface area (Å²) in [6, 6.07) is 9.82. The summed E-state index contributed by atoms with van der Waals surface area (Å²) in [4.78, 5) is 17.2. The van der Waals surface area contributed by atoms with Crippen LogP contribution >= 0.6 is 11.8 Å². The van der Waals surface area contributed by atoms with Gasteiger partial charge in [0.1, 0.15) is 10.8 Å². The maximum absolute atomic E-state index is 13.0. The molecule has 0 aliphatic rings. The number of phenols is 1. The summed E-state index contributed by atoms with van der Waals surface area (Å²) in [6.45, 7) is 3.85. The van der Waals surface area contributed by atoms with Crippen molar-refractivity contribution in [2.75, 3.05) is 5.75 Å². The maximum atomic E-state index is 13.0. The van der Waals surface area contributed by atoms with Crippen molar-refractivity contribution in [1.82, 2.24) is 10.3 Å². The van der Waals surface area contributed by atoms with Crippen LogP contribution in [-0.4, -0.2) is 21.8 Å². The summed E-state index contributed by atoms with van der Waals surface area (Å²) in [6.07, 6.45) is -4.46. The molecule has 1 amide bonds. The van der Waals surface area contributed by atoms with Crippen molar-refractivity contribution < 1.29 is 23.1 Å². The van der Waals surface area contributed by atoms with Gasteiger partial charge in [-0.1, -0.05) is 25.1 Å². The Hall–Kier alpha value is -2.74. The highest BCUT2D eigenvalue weighted by molar-refractivity contribution is 7.99. The average molecular weight is 420 g/mol. The number of alkyl halides is 3. The molecular weight excluding hydrogens is 401 g/mol. The maximum Gasteiger partial charge on any atom is 0.416 e. The van der Waals surface area contributed by atoms with Gasteiger partial charge in [-0.25, -0.2) is 4.98 Å². The van der Waals surface area contributed by atoms with Crippen molar-refractivity contribution in [2.45, 2.75) is 31.6 Å². The Bertz CT molecular complexity index is 1050. The van der Waals surface area contributed by atoms with Gasteiger partial charge in [-0.3, -0.25) is 4.79 Å². The fourth-order valence-electron chi connectivity index (χ4n) is 2.97. The molecule has 0 aliphatic carbocycles. The molecule has 2 aromatic carbocycles. The molecule has 2 N–H and O–H groups in total. The highest BCUT2D eigenvalue weighted by atomic mass is 32.2. The number of hydrogen-bond acceptors (Lipinski definition) is 4. The number of rotatable bonds is 5. The normalized spacial score (nSPS) is 11.6. The standard InChI is InChI=1S/C21H19F3N2O2S/c1-3-29-20-18(19(28)25-11-13-4-7-15(27)8-5-13)12(2)16-9-6-14(21(22,23)24)10-17(16)26-20/h4-10,27H,3,11H2,1-2H3,(H,25,28). The molecule has 0 saturated heterocycles. The van der Waals surface area contributed by atoms with E-state index in [-0.39, 0.29) is 23.7 Å². The van der Waals surface area contributed by atoms with Gasteiger partial charge in [-0.15, -0.1) is 11.8 Å². The third-order valence-corrected chi connectivity index (χ3v) is 5.29. The van der Waals surface area contributed by atoms with E-state index >= 15 is 0 Å². The van der Waals surface area contributed by atoms with Crippen LogP contribution in [0.2, 0.25) is 0 Å². The minimum Gasteiger partial charge on any atom is -0.508 e. The zero-order valence-corrected chi connectivity index (χ0v) is 16.6. The number of hydrogen-bond donors (Lipinski definition) is 2. The lowest BCUT2D eigenvalue weighted by atomic mass is 10.0. The number of fused-ring (bicyclic) bond motifs is 1. The van der Waals surface area contributed by atoms with Crippen LogP contribution in [0.15, 0.2) is 47.5 Å². The van der Waals surface area contributed by atoms with Crippen LogP contribution < -0.4 is 5.32 Å². The van der Waals surface area contributed by atoms with E-state index in [1.807, 2.05) is 6.92 Å². The number of benzene rings is 2. The molecule has 1 heterocycles. The number of thioether (sulfide) groups is 1. The number of aromatic nitrogens is 1. The molecule has 0 unspecified atom stereocenters. The fourth-order valence-corrected chi connectivity index (χ4v) is 3.80. The molecule has 0 bridgehead atoms. The first-order valence-electron chi connectivity index (χ1n) is 8.91. The van der Waals surface area contributed by atoms with Crippen LogP contribution in [0.5, 0.6) is 5.75 Å². The zero-order valence-electron chi connectivity index (χ0n) is 15.8. The monoisotopic (exact) mass is 420 g/mol. The van der Waals surface area contributed by atoms with E-state index in [1.165, 1.54) is 30.0 Å². The summed E-state index contributed by atoms with van der Waals surface area (Å²) >= 11 is 1.31. The molecule has 0 radical (unpaired) electrons. The minimum absolute atomic E-state index is 0.134. The number of phenolic OH excluding ortho intramolecular Hbond substituents is 1. The number of carbonyl (C=O) groups is 1. The summed E-state index contributed by atoms with van der Waals surface area (Å²) in [5, 5.41) is 13.1. The van der Waals surface area contributed by atoms with Crippen molar-refractivity contribution >= 4 is 28.6 Å². The van der Waals surface area contributed by atoms with Gasteiger partial charge >= 0.3 is 6.18 Å². The van der Waals surface area contributed by atoms with Crippen LogP contribution in [0.3, 0.4) is 0 Å². The molecule has 0 aliphatic heterocycles. The van der Waals surface area contributed by atoms with Crippen molar-refractivity contribution in [3.05, 3.63) is 64.7 Å². The fraction of sp³-hybridized carbons (Fsp3) is 0.238. The molecule has 0 spiro atoms. The second-order valence-corrected chi connectivity index (χ2v) is 7.68. The summed E-state index contributed by atoms with van der Waals surface area (Å²) in [5.41, 5.74) is 1.20. The van der Waals surface area contributed by atoms with Gasteiger partial charge in [0, 0.05) is 11.9 Å². The molecule has 0 fully saturated rings. The average Bonchev–Trinajstić information content (AvgIpc) is 2.66. The smallest absolute Gasteiger partial charge is 0.416 e. The van der Waals surface area contributed by atoms with Gasteiger partial charge in [0.15, 0.2) is 0 Å². The summed E-state index contributed by atoms with van der Waals surface area (Å²) in [7, 11) is 0. The van der Waals surface area contributed by atoms with Gasteiger partial charge in [0.05, 0.1) is 16.6 Å². The number of aromatic hydroxyl groups is 1. The molecule has 1 aromatic heterocycles. The molecule has 0 saturated carbocycles. The molecule has 152 valence electrons. The second-order valence-electron chi connectivity index (χ2n) is 6.43. The van der Waals surface area contributed by atoms with E-state index in [2.05, 4.69) is 10.3 Å². The first-order chi connectivity index (χ1) is 13.7. The van der Waals surface area contributed by atoms with Gasteiger partial charge in [-0.2, -0.15) is 13.2 Å². The van der Waals surface area contributed by atoms with Crippen LogP contribution in [0.25, 0.3) is 10.9 Å². The highest BCUT2D eigenvalue weighted by Gasteiger charge is 2.31. The number of carbonyl (C=O) groups excluding carboxylic acids is 1. The number of aryl methyl sites for hydroxylation is 1. The van der Waals surface area contributed by atoms with Gasteiger partial charge < -0.3 is 10.4 Å². The minimum atomic E-state index is -4.46. The summed E-state index contributed by atoms with van der Waals surface area (Å²) < 4.78 is 39.1. The Morgan fingerprint density at radius 2 is 1.86 bits per heavy atom. The molecular formula is C21H19F3N2O2S. The Morgan fingerprint density at radius 3 is 2.48 bits per heavy atom. The molecule has 8 heteroatoms. The number of nitrogens with one attached hydrogen (secondary N) is 1. The van der Waals surface area contributed by atoms with E-state index in [9.17, 15) is 23.1 Å². The Balaban J connectivity index is 1.98. The Morgan fingerprint density at radius 1 is 1.17 bits per heavy atom. The predicted octanol–water partition coefficient (Wildman–Crippen LogP) is 5.31. The highest BCUT2D eigenvalue weighted by Crippen LogP contribution is 2.34. The largest absolute Gasteiger partial charge is 0.508 e. The molecule has 4 nitrogen and oxygen atoms in total.